The minimum Gasteiger partial charge on any atom is -0.481 e. The summed E-state index contributed by atoms with van der Waals surface area (Å²) in [6.45, 7) is 3.93. The van der Waals surface area contributed by atoms with Crippen molar-refractivity contribution in [3.8, 4) is 28.3 Å². The van der Waals surface area contributed by atoms with Crippen LogP contribution in [0.25, 0.3) is 33.3 Å². The number of ether oxygens (including phenoxy) is 1. The minimum absolute atomic E-state index is 0. The van der Waals surface area contributed by atoms with Crippen molar-refractivity contribution in [1.82, 2.24) is 29.3 Å². The number of aromatic nitrogens is 4. The number of piperidine rings is 1. The molecule has 0 bridgehead atoms. The summed E-state index contributed by atoms with van der Waals surface area (Å²) in [5.41, 5.74) is 5.69. The molecule has 1 radical (unpaired) electrons. The van der Waals surface area contributed by atoms with Gasteiger partial charge in [-0.2, -0.15) is 29.8 Å². The van der Waals surface area contributed by atoms with E-state index in [0.29, 0.717) is 17.3 Å². The van der Waals surface area contributed by atoms with Crippen LogP contribution in [0.4, 0.5) is 8.78 Å². The van der Waals surface area contributed by atoms with Crippen LogP contribution in [-0.4, -0.2) is 55.6 Å². The number of rotatable bonds is 5. The summed E-state index contributed by atoms with van der Waals surface area (Å²) in [5.74, 6) is 0.880. The van der Waals surface area contributed by atoms with Gasteiger partial charge in [0.25, 0.3) is 0 Å². The van der Waals surface area contributed by atoms with E-state index in [-0.39, 0.29) is 45.5 Å². The Balaban J connectivity index is 0.000000233. The molecular weight excluding hydrogens is 757 g/mol. The maximum absolute atomic E-state index is 12.5. The SMILES string of the molecule is COc1nc(-c2cccc(-c3ccc[c-]c3C)c2Cl)cc2c1[C@H](N1CC[C@@]3(CCCC(=O)N3)C1)CC2.Cn1c(=O)c2[c-]nc(C(F)F)cc2n(C)c1=O.[Mn+2]. The molecule has 1 amide bonds. The van der Waals surface area contributed by atoms with Gasteiger partial charge < -0.3 is 29.0 Å². The van der Waals surface area contributed by atoms with Crippen molar-refractivity contribution in [2.75, 3.05) is 20.2 Å². The van der Waals surface area contributed by atoms with Crippen molar-refractivity contribution < 1.29 is 35.4 Å². The Morgan fingerprint density at radius 1 is 1.04 bits per heavy atom. The smallest absolute Gasteiger partial charge is 0.481 e. The molecule has 54 heavy (non-hydrogen) atoms. The van der Waals surface area contributed by atoms with Crippen LogP contribution in [0, 0.1) is 19.2 Å². The zero-order valence-electron chi connectivity index (χ0n) is 30.3. The molecule has 5 heterocycles. The largest absolute Gasteiger partial charge is 2.00 e. The Hall–Kier alpha value is -4.42. The number of alkyl halides is 2. The van der Waals surface area contributed by atoms with Gasteiger partial charge in [0.2, 0.25) is 18.2 Å². The Kier molecular flexibility index (Phi) is 11.5. The van der Waals surface area contributed by atoms with Crippen molar-refractivity contribution in [3.63, 3.8) is 0 Å². The van der Waals surface area contributed by atoms with E-state index in [9.17, 15) is 23.2 Å². The fraction of sp³-hybridized carbons (Fsp3) is 0.375. The molecule has 1 spiro atoms. The quantitative estimate of drug-likeness (QED) is 0.165. The number of fused-ring (bicyclic) bond motifs is 2. The molecule has 3 aliphatic rings. The van der Waals surface area contributed by atoms with Crippen molar-refractivity contribution in [1.29, 1.82) is 0 Å². The Morgan fingerprint density at radius 3 is 2.52 bits per heavy atom. The van der Waals surface area contributed by atoms with E-state index in [1.807, 2.05) is 24.3 Å². The number of nitrogens with zero attached hydrogens (tertiary/aromatic N) is 5. The first-order valence-electron chi connectivity index (χ1n) is 17.6. The van der Waals surface area contributed by atoms with Gasteiger partial charge in [-0.3, -0.25) is 9.69 Å². The summed E-state index contributed by atoms with van der Waals surface area (Å²) in [4.78, 5) is 46.3. The van der Waals surface area contributed by atoms with E-state index in [1.165, 1.54) is 25.2 Å². The van der Waals surface area contributed by atoms with E-state index >= 15 is 0 Å². The molecule has 281 valence electrons. The van der Waals surface area contributed by atoms with Gasteiger partial charge in [0, 0.05) is 61.5 Å². The van der Waals surface area contributed by atoms with Gasteiger partial charge in [0.05, 0.1) is 18.3 Å². The van der Waals surface area contributed by atoms with Crippen LogP contribution in [0.2, 0.25) is 5.02 Å². The van der Waals surface area contributed by atoms with Gasteiger partial charge in [-0.1, -0.05) is 48.4 Å². The maximum Gasteiger partial charge on any atom is 2.00 e. The summed E-state index contributed by atoms with van der Waals surface area (Å²) >= 11 is 6.99. The molecule has 14 heteroatoms. The predicted molar refractivity (Wildman–Crippen MR) is 198 cm³/mol. The van der Waals surface area contributed by atoms with Crippen LogP contribution in [0.3, 0.4) is 0 Å². The molecule has 8 rings (SSSR count). The molecule has 1 N–H and O–H groups in total. The first-order chi connectivity index (χ1) is 25.4. The second kappa shape index (κ2) is 15.7. The predicted octanol–water partition coefficient (Wildman–Crippen LogP) is 6.29. The topological polar surface area (TPSA) is 111 Å². The molecule has 2 fully saturated rings. The summed E-state index contributed by atoms with van der Waals surface area (Å²) < 4.78 is 32.8. The molecule has 2 aromatic carbocycles. The molecule has 2 saturated heterocycles. The third-order valence-electron chi connectivity index (χ3n) is 10.8. The standard InChI is InChI=1S/C30H31ClN3O2.C10H8F2N3O2.Mn/c1-19-7-3-4-8-21(19)22-9-5-10-23(28(22)31)24-17-20-12-13-25(27(20)29(32-24)36-2)34-16-15-30(18-34)14-6-11-26(35)33-30;1-14-7-3-6(8(11)12)13-4-5(7)9(16)15(2)10(14)17;/h3-5,8-10,17,25H,6,11-16,18H2,1-2H3,(H,33,35);3,8H,1-2H3;/q2*-1;+2/t25-,30+;;/m1../s1. The van der Waals surface area contributed by atoms with Gasteiger partial charge in [-0.05, 0) is 60.8 Å². The number of hydrogen-bond acceptors (Lipinski definition) is 7. The number of carbonyl (C=O) groups excluding carboxylic acids is 1. The molecule has 1 aliphatic carbocycles. The van der Waals surface area contributed by atoms with Crippen LogP contribution >= 0.6 is 11.6 Å². The Labute approximate surface area is 327 Å². The van der Waals surface area contributed by atoms with Crippen LogP contribution < -0.4 is 21.3 Å². The molecule has 5 aromatic rings. The van der Waals surface area contributed by atoms with E-state index < -0.39 is 23.4 Å². The van der Waals surface area contributed by atoms with Crippen LogP contribution in [0.15, 0.2) is 58.1 Å². The molecule has 10 nitrogen and oxygen atoms in total. The Bertz CT molecular complexity index is 2370. The monoisotopic (exact) mass is 795 g/mol. The van der Waals surface area contributed by atoms with E-state index in [2.05, 4.69) is 52.6 Å². The molecule has 3 aromatic heterocycles. The number of carbonyl (C=O) groups is 1. The second-order valence-electron chi connectivity index (χ2n) is 14.0. The average molecular weight is 796 g/mol. The summed E-state index contributed by atoms with van der Waals surface area (Å²) in [6.07, 6.45) is 5.21. The first kappa shape index (κ1) is 39.3. The fourth-order valence-electron chi connectivity index (χ4n) is 8.01. The zero-order chi connectivity index (χ0) is 37.6. The number of benzene rings is 2. The number of halogens is 3. The van der Waals surface area contributed by atoms with Crippen LogP contribution in [0.5, 0.6) is 5.88 Å². The third kappa shape index (κ3) is 7.22. The number of amides is 1. The number of aryl methyl sites for hydroxylation is 3. The normalized spacial score (nSPS) is 19.3. The van der Waals surface area contributed by atoms with Crippen LogP contribution in [-0.2, 0) is 42.4 Å². The number of methoxy groups -OCH3 is 1. The molecule has 2 aliphatic heterocycles. The van der Waals surface area contributed by atoms with Gasteiger partial charge in [0.15, 0.2) is 5.56 Å². The van der Waals surface area contributed by atoms with Crippen LogP contribution in [0.1, 0.15) is 67.0 Å². The Morgan fingerprint density at radius 2 is 1.80 bits per heavy atom. The molecular formula is C40H39ClF2MnN6O4. The minimum atomic E-state index is -2.77. The number of pyridine rings is 2. The van der Waals surface area contributed by atoms with Crippen molar-refractivity contribution >= 4 is 28.4 Å². The molecule has 0 unspecified atom stereocenters. The summed E-state index contributed by atoms with van der Waals surface area (Å²) in [6, 6.07) is 18.9. The summed E-state index contributed by atoms with van der Waals surface area (Å²) in [5, 5.41) is 4.02. The number of likely N-dealkylation sites (tertiary alicyclic amines) is 1. The zero-order valence-corrected chi connectivity index (χ0v) is 32.2. The van der Waals surface area contributed by atoms with E-state index in [4.69, 9.17) is 21.3 Å². The van der Waals surface area contributed by atoms with Gasteiger partial charge in [0.1, 0.15) is 0 Å². The van der Waals surface area contributed by atoms with E-state index in [0.717, 1.165) is 88.3 Å². The average Bonchev–Trinajstić information content (AvgIpc) is 3.77. The number of hydrogen-bond donors (Lipinski definition) is 1. The maximum atomic E-state index is 12.5. The van der Waals surface area contributed by atoms with Crippen molar-refractivity contribution in [2.24, 2.45) is 14.1 Å². The van der Waals surface area contributed by atoms with Gasteiger partial charge in [-0.25, -0.2) is 18.6 Å². The summed E-state index contributed by atoms with van der Waals surface area (Å²) in [7, 11) is 4.40. The van der Waals surface area contributed by atoms with E-state index in [1.54, 1.807) is 7.11 Å². The molecule has 0 saturated carbocycles. The second-order valence-corrected chi connectivity index (χ2v) is 14.4. The van der Waals surface area contributed by atoms with Gasteiger partial charge in [-0.15, -0.1) is 5.56 Å². The van der Waals surface area contributed by atoms with Gasteiger partial charge >= 0.3 is 22.8 Å². The number of nitrogens with one attached hydrogen (secondary N) is 1. The fourth-order valence-corrected chi connectivity index (χ4v) is 8.34. The van der Waals surface area contributed by atoms with Crippen molar-refractivity contribution in [3.05, 3.63) is 109 Å². The van der Waals surface area contributed by atoms with Crippen molar-refractivity contribution in [2.45, 2.75) is 63.5 Å². The third-order valence-corrected chi connectivity index (χ3v) is 11.2. The molecule has 2 atom stereocenters. The first-order valence-corrected chi connectivity index (χ1v) is 17.9.